The smallest absolute Gasteiger partial charge is 0.314 e. The molecule has 0 saturated heterocycles. The summed E-state index contributed by atoms with van der Waals surface area (Å²) in [6.07, 6.45) is 0.114. The summed E-state index contributed by atoms with van der Waals surface area (Å²) >= 11 is 0. The third-order valence-electron chi connectivity index (χ3n) is 2.21. The van der Waals surface area contributed by atoms with Gasteiger partial charge in [0, 0.05) is 5.69 Å². The molecule has 0 radical (unpaired) electrons. The Kier molecular flexibility index (Phi) is 4.34. The molecular weight excluding hydrogens is 204 g/mol. The lowest BCUT2D eigenvalue weighted by Gasteiger charge is -2.12. The average Bonchev–Trinajstić information content (AvgIpc) is 2.28. The Balaban J connectivity index is 2.89. The highest BCUT2D eigenvalue weighted by Crippen LogP contribution is 2.22. The quantitative estimate of drug-likeness (QED) is 0.617. The summed E-state index contributed by atoms with van der Waals surface area (Å²) in [5.74, 6) is -0.889. The van der Waals surface area contributed by atoms with Gasteiger partial charge in [-0.15, -0.1) is 0 Å². The number of hydrogen-bond donors (Lipinski definition) is 1. The number of nitriles is 1. The summed E-state index contributed by atoms with van der Waals surface area (Å²) in [6.45, 7) is 2.06. The lowest BCUT2D eigenvalue weighted by Crippen LogP contribution is -2.15. The van der Waals surface area contributed by atoms with Gasteiger partial charge in [0.2, 0.25) is 0 Å². The standard InChI is InChI=1S/C12H14N2O2/c1-2-16-12(15)11(7-8-13)9-3-5-10(14)6-4-9/h3-6,11H,2,7,14H2,1H3. The highest BCUT2D eigenvalue weighted by atomic mass is 16.5. The molecule has 1 rings (SSSR count). The van der Waals surface area contributed by atoms with E-state index in [2.05, 4.69) is 0 Å². The van der Waals surface area contributed by atoms with Crippen LogP contribution in [0.2, 0.25) is 0 Å². The minimum Gasteiger partial charge on any atom is -0.465 e. The molecule has 1 aromatic carbocycles. The molecule has 2 N–H and O–H groups in total. The minimum absolute atomic E-state index is 0.114. The van der Waals surface area contributed by atoms with Crippen LogP contribution in [0.1, 0.15) is 24.8 Å². The highest BCUT2D eigenvalue weighted by Gasteiger charge is 2.21. The number of carbonyl (C=O) groups excluding carboxylic acids is 1. The molecule has 0 saturated carbocycles. The van der Waals surface area contributed by atoms with Gasteiger partial charge in [-0.3, -0.25) is 4.79 Å². The summed E-state index contributed by atoms with van der Waals surface area (Å²) in [4.78, 5) is 11.6. The van der Waals surface area contributed by atoms with Crippen LogP contribution in [0.25, 0.3) is 0 Å². The van der Waals surface area contributed by atoms with Crippen molar-refractivity contribution in [3.8, 4) is 6.07 Å². The molecule has 1 unspecified atom stereocenters. The van der Waals surface area contributed by atoms with Crippen LogP contribution in [0.5, 0.6) is 0 Å². The summed E-state index contributed by atoms with van der Waals surface area (Å²) in [5.41, 5.74) is 6.94. The van der Waals surface area contributed by atoms with E-state index in [0.29, 0.717) is 12.3 Å². The van der Waals surface area contributed by atoms with Gasteiger partial charge >= 0.3 is 5.97 Å². The van der Waals surface area contributed by atoms with Crippen LogP contribution >= 0.6 is 0 Å². The predicted octanol–water partition coefficient (Wildman–Crippen LogP) is 1.83. The van der Waals surface area contributed by atoms with E-state index in [-0.39, 0.29) is 12.4 Å². The number of hydrogen-bond acceptors (Lipinski definition) is 4. The van der Waals surface area contributed by atoms with Gasteiger partial charge in [0.1, 0.15) is 0 Å². The van der Waals surface area contributed by atoms with Gasteiger partial charge in [0.25, 0.3) is 0 Å². The fraction of sp³-hybridized carbons (Fsp3) is 0.333. The Morgan fingerprint density at radius 2 is 2.12 bits per heavy atom. The molecule has 0 bridgehead atoms. The maximum Gasteiger partial charge on any atom is 0.314 e. The molecule has 16 heavy (non-hydrogen) atoms. The first-order chi connectivity index (χ1) is 7.69. The molecule has 0 aliphatic carbocycles. The van der Waals surface area contributed by atoms with Crippen LogP contribution in [0.4, 0.5) is 5.69 Å². The van der Waals surface area contributed by atoms with Gasteiger partial charge in [-0.05, 0) is 24.6 Å². The molecule has 1 aromatic rings. The Morgan fingerprint density at radius 1 is 1.50 bits per heavy atom. The Bertz CT molecular complexity index is 392. The molecule has 0 aliphatic rings. The van der Waals surface area contributed by atoms with Gasteiger partial charge in [-0.25, -0.2) is 0 Å². The maximum atomic E-state index is 11.6. The van der Waals surface area contributed by atoms with E-state index in [4.69, 9.17) is 15.7 Å². The fourth-order valence-electron chi connectivity index (χ4n) is 1.40. The summed E-state index contributed by atoms with van der Waals surface area (Å²) in [6, 6.07) is 8.89. The number of anilines is 1. The first-order valence-electron chi connectivity index (χ1n) is 5.08. The van der Waals surface area contributed by atoms with E-state index in [1.165, 1.54) is 0 Å². The Morgan fingerprint density at radius 3 is 2.62 bits per heavy atom. The SMILES string of the molecule is CCOC(=O)C(CC#N)c1ccc(N)cc1. The fourth-order valence-corrected chi connectivity index (χ4v) is 1.40. The van der Waals surface area contributed by atoms with Crippen molar-refractivity contribution < 1.29 is 9.53 Å². The largest absolute Gasteiger partial charge is 0.465 e. The summed E-state index contributed by atoms with van der Waals surface area (Å²) in [7, 11) is 0. The zero-order valence-electron chi connectivity index (χ0n) is 9.14. The van der Waals surface area contributed by atoms with Crippen molar-refractivity contribution >= 4 is 11.7 Å². The van der Waals surface area contributed by atoms with Crippen molar-refractivity contribution in [2.45, 2.75) is 19.3 Å². The Labute approximate surface area is 94.6 Å². The number of esters is 1. The number of rotatable bonds is 4. The zero-order chi connectivity index (χ0) is 12.0. The third-order valence-corrected chi connectivity index (χ3v) is 2.21. The van der Waals surface area contributed by atoms with E-state index in [1.807, 2.05) is 6.07 Å². The van der Waals surface area contributed by atoms with Gasteiger partial charge in [0.05, 0.1) is 25.0 Å². The first-order valence-corrected chi connectivity index (χ1v) is 5.08. The number of nitrogens with two attached hydrogens (primary N) is 1. The van der Waals surface area contributed by atoms with E-state index in [1.54, 1.807) is 31.2 Å². The Hall–Kier alpha value is -2.02. The van der Waals surface area contributed by atoms with Crippen LogP contribution in [-0.4, -0.2) is 12.6 Å². The number of benzene rings is 1. The third kappa shape index (κ3) is 2.99. The monoisotopic (exact) mass is 218 g/mol. The lowest BCUT2D eigenvalue weighted by atomic mass is 9.96. The van der Waals surface area contributed by atoms with Crippen LogP contribution in [0.15, 0.2) is 24.3 Å². The second-order valence-corrected chi connectivity index (χ2v) is 3.33. The number of carbonyl (C=O) groups is 1. The molecule has 0 heterocycles. The molecule has 0 aromatic heterocycles. The van der Waals surface area contributed by atoms with Crippen molar-refractivity contribution in [3.05, 3.63) is 29.8 Å². The maximum absolute atomic E-state index is 11.6. The topological polar surface area (TPSA) is 76.1 Å². The van der Waals surface area contributed by atoms with Crippen molar-refractivity contribution in [2.24, 2.45) is 0 Å². The summed E-state index contributed by atoms with van der Waals surface area (Å²) < 4.78 is 4.92. The lowest BCUT2D eigenvalue weighted by molar-refractivity contribution is -0.144. The van der Waals surface area contributed by atoms with Gasteiger partial charge in [0.15, 0.2) is 0 Å². The van der Waals surface area contributed by atoms with E-state index >= 15 is 0 Å². The summed E-state index contributed by atoms with van der Waals surface area (Å²) in [5, 5.41) is 8.69. The first kappa shape index (κ1) is 12.1. The van der Waals surface area contributed by atoms with E-state index in [0.717, 1.165) is 5.56 Å². The van der Waals surface area contributed by atoms with Gasteiger partial charge in [-0.1, -0.05) is 12.1 Å². The van der Waals surface area contributed by atoms with Crippen molar-refractivity contribution in [1.82, 2.24) is 0 Å². The molecular formula is C12H14N2O2. The molecule has 4 heteroatoms. The number of nitrogens with zero attached hydrogens (tertiary/aromatic N) is 1. The zero-order valence-corrected chi connectivity index (χ0v) is 9.14. The van der Waals surface area contributed by atoms with Gasteiger partial charge in [-0.2, -0.15) is 5.26 Å². The molecule has 0 fully saturated rings. The number of nitrogen functional groups attached to an aromatic ring is 1. The second-order valence-electron chi connectivity index (χ2n) is 3.33. The van der Waals surface area contributed by atoms with Crippen LogP contribution < -0.4 is 5.73 Å². The second kappa shape index (κ2) is 5.76. The molecule has 84 valence electrons. The van der Waals surface area contributed by atoms with Crippen molar-refractivity contribution in [1.29, 1.82) is 5.26 Å². The molecule has 0 spiro atoms. The van der Waals surface area contributed by atoms with E-state index in [9.17, 15) is 4.79 Å². The highest BCUT2D eigenvalue weighted by molar-refractivity contribution is 5.78. The van der Waals surface area contributed by atoms with Crippen LogP contribution in [-0.2, 0) is 9.53 Å². The predicted molar refractivity (Wildman–Crippen MR) is 60.5 cm³/mol. The molecule has 0 aliphatic heterocycles. The number of ether oxygens (including phenoxy) is 1. The molecule has 1 atom stereocenters. The molecule has 0 amide bonds. The van der Waals surface area contributed by atoms with Crippen LogP contribution in [0.3, 0.4) is 0 Å². The van der Waals surface area contributed by atoms with Crippen molar-refractivity contribution in [3.63, 3.8) is 0 Å². The van der Waals surface area contributed by atoms with Crippen LogP contribution in [0, 0.1) is 11.3 Å². The molecule has 4 nitrogen and oxygen atoms in total. The van der Waals surface area contributed by atoms with E-state index < -0.39 is 5.92 Å². The normalized spacial score (nSPS) is 11.5. The minimum atomic E-state index is -0.523. The average molecular weight is 218 g/mol. The van der Waals surface area contributed by atoms with Gasteiger partial charge < -0.3 is 10.5 Å². The van der Waals surface area contributed by atoms with Crippen molar-refractivity contribution in [2.75, 3.05) is 12.3 Å².